The molecular weight excluding hydrogens is 386 g/mol. The maximum Gasteiger partial charge on any atom is 0.319 e. The van der Waals surface area contributed by atoms with Crippen LogP contribution in [-0.4, -0.2) is 50.8 Å². The highest BCUT2D eigenvalue weighted by Gasteiger charge is 2.50. The minimum absolute atomic E-state index is 0.0936. The highest BCUT2D eigenvalue weighted by molar-refractivity contribution is 7.08. The minimum Gasteiger partial charge on any atom is -0.493 e. The summed E-state index contributed by atoms with van der Waals surface area (Å²) in [6, 6.07) is 8.70. The van der Waals surface area contributed by atoms with Crippen LogP contribution in [0.2, 0.25) is 0 Å². The molecule has 1 aliphatic carbocycles. The summed E-state index contributed by atoms with van der Waals surface area (Å²) in [5.74, 6) is 1.54. The number of hydrogen-bond acceptors (Lipinski definition) is 5. The van der Waals surface area contributed by atoms with E-state index in [0.717, 1.165) is 49.4 Å². The van der Waals surface area contributed by atoms with E-state index in [1.54, 1.807) is 25.6 Å². The Hall–Kier alpha value is -2.25. The number of methoxy groups -OCH3 is 2. The monoisotopic (exact) mass is 415 g/mol. The molecule has 29 heavy (non-hydrogen) atoms. The van der Waals surface area contributed by atoms with Crippen LogP contribution in [0.1, 0.15) is 31.2 Å². The van der Waals surface area contributed by atoms with Crippen LogP contribution >= 0.6 is 11.3 Å². The zero-order chi connectivity index (χ0) is 20.4. The average molecular weight is 416 g/mol. The van der Waals surface area contributed by atoms with Crippen LogP contribution in [0.4, 0.5) is 10.5 Å². The van der Waals surface area contributed by atoms with Gasteiger partial charge in [-0.1, -0.05) is 6.07 Å². The molecule has 1 saturated heterocycles. The molecule has 1 aliphatic heterocycles. The smallest absolute Gasteiger partial charge is 0.319 e. The van der Waals surface area contributed by atoms with E-state index in [4.69, 9.17) is 9.47 Å². The molecule has 2 amide bonds. The van der Waals surface area contributed by atoms with E-state index in [1.807, 2.05) is 22.9 Å². The number of carbonyl (C=O) groups excluding carboxylic acids is 1. The van der Waals surface area contributed by atoms with Crippen LogP contribution in [0, 0.1) is 0 Å². The fourth-order valence-corrected chi connectivity index (χ4v) is 5.67. The first-order chi connectivity index (χ1) is 14.1. The fourth-order valence-electron chi connectivity index (χ4n) is 5.08. The molecule has 2 aromatic rings. The third-order valence-electron chi connectivity index (χ3n) is 6.60. The van der Waals surface area contributed by atoms with Crippen molar-refractivity contribution in [3.05, 3.63) is 40.6 Å². The number of benzene rings is 1. The standard InChI is InChI=1S/C22H29N3O3S/c1-25-10-9-22(15-4-5-18(27-2)19(12-15)28-3)8-6-16(13-20(22)25)23-21(26)24-17-7-11-29-14-17/h4-5,7,11-12,14,16,20H,6,8-10,13H2,1-3H3,(H2,23,24,26)/t16-,20+,22-/m0/s1. The number of nitrogens with zero attached hydrogens (tertiary/aromatic N) is 1. The number of hydrogen-bond donors (Lipinski definition) is 2. The van der Waals surface area contributed by atoms with Gasteiger partial charge in [0.05, 0.1) is 19.9 Å². The number of likely N-dealkylation sites (tertiary alicyclic amines) is 1. The Morgan fingerprint density at radius 3 is 2.76 bits per heavy atom. The lowest BCUT2D eigenvalue weighted by atomic mass is 9.65. The van der Waals surface area contributed by atoms with E-state index < -0.39 is 0 Å². The molecule has 2 N–H and O–H groups in total. The van der Waals surface area contributed by atoms with Gasteiger partial charge in [0.2, 0.25) is 0 Å². The van der Waals surface area contributed by atoms with Crippen molar-refractivity contribution in [1.29, 1.82) is 0 Å². The molecule has 6 nitrogen and oxygen atoms in total. The van der Waals surface area contributed by atoms with Crippen LogP contribution in [0.5, 0.6) is 11.5 Å². The first-order valence-corrected chi connectivity index (χ1v) is 11.0. The summed E-state index contributed by atoms with van der Waals surface area (Å²) in [6.45, 7) is 1.06. The number of rotatable bonds is 5. The third-order valence-corrected chi connectivity index (χ3v) is 7.28. The van der Waals surface area contributed by atoms with Crippen molar-refractivity contribution in [2.45, 2.75) is 43.2 Å². The highest BCUT2D eigenvalue weighted by atomic mass is 32.1. The molecule has 2 heterocycles. The second-order valence-corrected chi connectivity index (χ2v) is 8.83. The minimum atomic E-state index is -0.118. The lowest BCUT2D eigenvalue weighted by Gasteiger charge is -2.45. The predicted molar refractivity (Wildman–Crippen MR) is 116 cm³/mol. The summed E-state index contributed by atoms with van der Waals surface area (Å²) < 4.78 is 11.0. The number of amides is 2. The molecule has 0 unspecified atom stereocenters. The number of likely N-dealkylation sites (N-methyl/N-ethyl adjacent to an activating group) is 1. The molecule has 0 spiro atoms. The third kappa shape index (κ3) is 3.81. The number of carbonyl (C=O) groups is 1. The Bertz CT molecular complexity index is 857. The topological polar surface area (TPSA) is 62.8 Å². The molecular formula is C22H29N3O3S. The summed E-state index contributed by atoms with van der Waals surface area (Å²) in [7, 11) is 5.55. The molecule has 2 aliphatic rings. The number of thiophene rings is 1. The lowest BCUT2D eigenvalue weighted by Crippen LogP contribution is -2.52. The van der Waals surface area contributed by atoms with Gasteiger partial charge in [-0.05, 0) is 68.4 Å². The van der Waals surface area contributed by atoms with E-state index in [1.165, 1.54) is 5.56 Å². The zero-order valence-corrected chi connectivity index (χ0v) is 18.1. The zero-order valence-electron chi connectivity index (χ0n) is 17.2. The van der Waals surface area contributed by atoms with Crippen molar-refractivity contribution in [2.75, 3.05) is 33.1 Å². The second kappa shape index (κ2) is 8.24. The molecule has 2 fully saturated rings. The van der Waals surface area contributed by atoms with Gasteiger partial charge >= 0.3 is 6.03 Å². The van der Waals surface area contributed by atoms with Gasteiger partial charge in [-0.3, -0.25) is 0 Å². The van der Waals surface area contributed by atoms with Gasteiger partial charge < -0.3 is 25.0 Å². The van der Waals surface area contributed by atoms with E-state index >= 15 is 0 Å². The van der Waals surface area contributed by atoms with E-state index in [2.05, 4.69) is 34.7 Å². The molecule has 1 aromatic heterocycles. The van der Waals surface area contributed by atoms with Gasteiger partial charge in [-0.15, -0.1) is 0 Å². The Balaban J connectivity index is 1.50. The molecule has 7 heteroatoms. The summed E-state index contributed by atoms with van der Waals surface area (Å²) >= 11 is 1.57. The number of ether oxygens (including phenoxy) is 2. The van der Waals surface area contributed by atoms with Crippen molar-refractivity contribution >= 4 is 23.1 Å². The van der Waals surface area contributed by atoms with Crippen LogP contribution in [-0.2, 0) is 5.41 Å². The lowest BCUT2D eigenvalue weighted by molar-refractivity contribution is 0.156. The van der Waals surface area contributed by atoms with Gasteiger partial charge in [0.1, 0.15) is 0 Å². The van der Waals surface area contributed by atoms with E-state index in [-0.39, 0.29) is 17.5 Å². The molecule has 0 bridgehead atoms. The van der Waals surface area contributed by atoms with Gasteiger partial charge in [-0.2, -0.15) is 11.3 Å². The fraction of sp³-hybridized carbons (Fsp3) is 0.500. The molecule has 3 atom stereocenters. The largest absolute Gasteiger partial charge is 0.493 e. The second-order valence-electron chi connectivity index (χ2n) is 8.05. The van der Waals surface area contributed by atoms with Crippen LogP contribution in [0.3, 0.4) is 0 Å². The summed E-state index contributed by atoms with van der Waals surface area (Å²) in [6.07, 6.45) is 4.08. The molecule has 0 radical (unpaired) electrons. The number of urea groups is 1. The van der Waals surface area contributed by atoms with E-state index in [9.17, 15) is 4.79 Å². The Morgan fingerprint density at radius 1 is 1.21 bits per heavy atom. The molecule has 1 saturated carbocycles. The summed E-state index contributed by atoms with van der Waals surface area (Å²) in [4.78, 5) is 14.8. The quantitative estimate of drug-likeness (QED) is 0.772. The maximum atomic E-state index is 12.4. The first-order valence-electron chi connectivity index (χ1n) is 10.1. The summed E-state index contributed by atoms with van der Waals surface area (Å²) in [5.41, 5.74) is 2.25. The number of fused-ring (bicyclic) bond motifs is 1. The summed E-state index contributed by atoms with van der Waals surface area (Å²) in [5, 5.41) is 10.0. The Labute approximate surface area is 176 Å². The SMILES string of the molecule is COc1ccc([C@@]23CC[C@H](NC(=O)Nc4ccsc4)C[C@H]2N(C)CC3)cc1OC. The van der Waals surface area contributed by atoms with Crippen molar-refractivity contribution in [3.63, 3.8) is 0 Å². The van der Waals surface area contributed by atoms with Gasteiger partial charge in [0.15, 0.2) is 11.5 Å². The van der Waals surface area contributed by atoms with Gasteiger partial charge in [0, 0.05) is 22.9 Å². The average Bonchev–Trinajstić information content (AvgIpc) is 3.36. The van der Waals surface area contributed by atoms with Crippen molar-refractivity contribution < 1.29 is 14.3 Å². The first kappa shape index (κ1) is 20.0. The number of nitrogens with one attached hydrogen (secondary N) is 2. The highest BCUT2D eigenvalue weighted by Crippen LogP contribution is 2.49. The van der Waals surface area contributed by atoms with Gasteiger partial charge in [-0.25, -0.2) is 4.79 Å². The predicted octanol–water partition coefficient (Wildman–Crippen LogP) is 4.08. The van der Waals surface area contributed by atoms with Crippen LogP contribution in [0.25, 0.3) is 0 Å². The van der Waals surface area contributed by atoms with Crippen LogP contribution in [0.15, 0.2) is 35.0 Å². The number of anilines is 1. The van der Waals surface area contributed by atoms with Crippen molar-refractivity contribution in [2.24, 2.45) is 0 Å². The molecule has 156 valence electrons. The Morgan fingerprint density at radius 2 is 2.03 bits per heavy atom. The molecule has 1 aromatic carbocycles. The van der Waals surface area contributed by atoms with Gasteiger partial charge in [0.25, 0.3) is 0 Å². The molecule has 4 rings (SSSR count). The van der Waals surface area contributed by atoms with E-state index in [0.29, 0.717) is 6.04 Å². The maximum absolute atomic E-state index is 12.4. The van der Waals surface area contributed by atoms with Crippen LogP contribution < -0.4 is 20.1 Å². The van der Waals surface area contributed by atoms with Crippen molar-refractivity contribution in [1.82, 2.24) is 10.2 Å². The van der Waals surface area contributed by atoms with Crippen molar-refractivity contribution in [3.8, 4) is 11.5 Å². The normalized spacial score (nSPS) is 26.6. The Kier molecular flexibility index (Phi) is 5.69.